The predicted octanol–water partition coefficient (Wildman–Crippen LogP) is 2.75. The monoisotopic (exact) mass is 303 g/mol. The number of nitrogens with one attached hydrogen (secondary N) is 1. The van der Waals surface area contributed by atoms with Crippen LogP contribution in [0, 0.1) is 18.3 Å². The Kier molecular flexibility index (Phi) is 3.44. The highest BCUT2D eigenvalue weighted by atomic mass is 79.9. The van der Waals surface area contributed by atoms with Crippen LogP contribution in [0.1, 0.15) is 11.1 Å². The van der Waals surface area contributed by atoms with Crippen LogP contribution in [0.15, 0.2) is 28.9 Å². The lowest BCUT2D eigenvalue weighted by atomic mass is 10.2. The summed E-state index contributed by atoms with van der Waals surface area (Å²) in [5.41, 5.74) is 7.61. The lowest BCUT2D eigenvalue weighted by Crippen LogP contribution is -2.02. The van der Waals surface area contributed by atoms with Gasteiger partial charge in [0.05, 0.1) is 11.3 Å². The Morgan fingerprint density at radius 3 is 2.94 bits per heavy atom. The van der Waals surface area contributed by atoms with Gasteiger partial charge in [0.2, 0.25) is 5.95 Å². The van der Waals surface area contributed by atoms with Gasteiger partial charge in [-0.1, -0.05) is 15.9 Å². The molecule has 2 aromatic rings. The van der Waals surface area contributed by atoms with Gasteiger partial charge in [0.25, 0.3) is 0 Å². The fourth-order valence-electron chi connectivity index (χ4n) is 1.43. The Balaban J connectivity index is 2.40. The minimum Gasteiger partial charge on any atom is -0.368 e. The van der Waals surface area contributed by atoms with Gasteiger partial charge in [-0.05, 0) is 25.1 Å². The largest absolute Gasteiger partial charge is 0.368 e. The van der Waals surface area contributed by atoms with Crippen LogP contribution in [0.5, 0.6) is 0 Å². The number of aryl methyl sites for hydroxylation is 1. The molecule has 1 aromatic heterocycles. The van der Waals surface area contributed by atoms with Crippen molar-refractivity contribution in [3.05, 3.63) is 40.0 Å². The van der Waals surface area contributed by atoms with E-state index in [1.54, 1.807) is 18.3 Å². The fourth-order valence-corrected chi connectivity index (χ4v) is 1.79. The van der Waals surface area contributed by atoms with Gasteiger partial charge >= 0.3 is 0 Å². The molecule has 5 nitrogen and oxygen atoms in total. The van der Waals surface area contributed by atoms with E-state index in [1.807, 2.05) is 13.0 Å². The van der Waals surface area contributed by atoms with Crippen LogP contribution in [-0.2, 0) is 0 Å². The van der Waals surface area contributed by atoms with E-state index < -0.39 is 0 Å². The van der Waals surface area contributed by atoms with Crippen molar-refractivity contribution in [3.8, 4) is 6.07 Å². The zero-order chi connectivity index (χ0) is 13.1. The van der Waals surface area contributed by atoms with Crippen LogP contribution < -0.4 is 11.1 Å². The highest BCUT2D eigenvalue weighted by Crippen LogP contribution is 2.24. The lowest BCUT2D eigenvalue weighted by Gasteiger charge is -2.10. The van der Waals surface area contributed by atoms with Crippen molar-refractivity contribution in [2.75, 3.05) is 11.1 Å². The van der Waals surface area contributed by atoms with E-state index in [-0.39, 0.29) is 5.95 Å². The molecule has 0 saturated carbocycles. The number of hydrogen-bond acceptors (Lipinski definition) is 5. The average molecular weight is 304 g/mol. The van der Waals surface area contributed by atoms with Crippen LogP contribution in [0.25, 0.3) is 0 Å². The second-order valence-electron chi connectivity index (χ2n) is 3.69. The summed E-state index contributed by atoms with van der Waals surface area (Å²) in [7, 11) is 0. The second-order valence-corrected chi connectivity index (χ2v) is 4.60. The third-order valence-corrected chi connectivity index (χ3v) is 2.84. The van der Waals surface area contributed by atoms with Crippen molar-refractivity contribution in [2.45, 2.75) is 6.92 Å². The molecule has 1 aromatic carbocycles. The molecular weight excluding hydrogens is 294 g/mol. The Hall–Kier alpha value is -2.13. The third-order valence-electron chi connectivity index (χ3n) is 2.35. The Morgan fingerprint density at radius 1 is 1.44 bits per heavy atom. The summed E-state index contributed by atoms with van der Waals surface area (Å²) in [5.74, 6) is 0.792. The summed E-state index contributed by atoms with van der Waals surface area (Å²) in [6, 6.07) is 7.52. The quantitative estimate of drug-likeness (QED) is 0.890. The highest BCUT2D eigenvalue weighted by Gasteiger charge is 2.06. The van der Waals surface area contributed by atoms with Crippen molar-refractivity contribution < 1.29 is 0 Å². The van der Waals surface area contributed by atoms with Crippen LogP contribution in [0.4, 0.5) is 17.5 Å². The smallest absolute Gasteiger partial charge is 0.221 e. The molecule has 0 aliphatic carbocycles. The van der Waals surface area contributed by atoms with E-state index in [0.717, 1.165) is 10.0 Å². The van der Waals surface area contributed by atoms with Crippen molar-refractivity contribution in [1.29, 1.82) is 5.26 Å². The molecule has 0 aliphatic heterocycles. The molecule has 0 fully saturated rings. The summed E-state index contributed by atoms with van der Waals surface area (Å²) >= 11 is 3.32. The number of halogens is 1. The molecule has 3 N–H and O–H groups in total. The van der Waals surface area contributed by atoms with Gasteiger partial charge in [0.15, 0.2) is 0 Å². The molecule has 0 aliphatic rings. The van der Waals surface area contributed by atoms with Crippen LogP contribution in [-0.4, -0.2) is 9.97 Å². The molecule has 0 amide bonds. The zero-order valence-electron chi connectivity index (χ0n) is 9.61. The Morgan fingerprint density at radius 2 is 2.22 bits per heavy atom. The summed E-state index contributed by atoms with van der Waals surface area (Å²) in [4.78, 5) is 7.99. The van der Waals surface area contributed by atoms with Gasteiger partial charge < -0.3 is 11.1 Å². The van der Waals surface area contributed by atoms with E-state index in [0.29, 0.717) is 17.1 Å². The van der Waals surface area contributed by atoms with Gasteiger partial charge in [0, 0.05) is 16.2 Å². The van der Waals surface area contributed by atoms with E-state index in [2.05, 4.69) is 37.3 Å². The third kappa shape index (κ3) is 2.57. The molecule has 0 spiro atoms. The van der Waals surface area contributed by atoms with Gasteiger partial charge in [-0.3, -0.25) is 0 Å². The van der Waals surface area contributed by atoms with Crippen molar-refractivity contribution in [2.24, 2.45) is 0 Å². The lowest BCUT2D eigenvalue weighted by molar-refractivity contribution is 1.15. The SMILES string of the molecule is Cc1cnc(N)nc1Nc1ccc(Br)cc1C#N. The van der Waals surface area contributed by atoms with Crippen LogP contribution in [0.3, 0.4) is 0 Å². The number of nitrogen functional groups attached to an aromatic ring is 1. The van der Waals surface area contributed by atoms with Gasteiger partial charge in [0.1, 0.15) is 11.9 Å². The van der Waals surface area contributed by atoms with E-state index in [9.17, 15) is 0 Å². The number of benzene rings is 1. The summed E-state index contributed by atoms with van der Waals surface area (Å²) in [6.07, 6.45) is 1.63. The molecule has 2 rings (SSSR count). The first-order valence-corrected chi connectivity index (χ1v) is 5.95. The molecule has 1 heterocycles. The standard InChI is InChI=1S/C12H10BrN5/c1-7-6-16-12(15)18-11(7)17-10-3-2-9(13)4-8(10)5-14/h2-4,6H,1H3,(H3,15,16,17,18). The molecule has 0 radical (unpaired) electrons. The molecule has 18 heavy (non-hydrogen) atoms. The van der Waals surface area contributed by atoms with Crippen LogP contribution >= 0.6 is 15.9 Å². The normalized spacial score (nSPS) is 9.83. The number of nitrogens with zero attached hydrogens (tertiary/aromatic N) is 3. The number of rotatable bonds is 2. The van der Waals surface area contributed by atoms with Crippen molar-refractivity contribution in [1.82, 2.24) is 9.97 Å². The van der Waals surface area contributed by atoms with Gasteiger partial charge in [-0.25, -0.2) is 4.98 Å². The maximum Gasteiger partial charge on any atom is 0.221 e. The molecule has 90 valence electrons. The average Bonchev–Trinajstić information content (AvgIpc) is 2.36. The Labute approximate surface area is 113 Å². The number of anilines is 3. The van der Waals surface area contributed by atoms with Gasteiger partial charge in [-0.2, -0.15) is 10.2 Å². The first-order chi connectivity index (χ1) is 8.60. The Bertz CT molecular complexity index is 633. The van der Waals surface area contributed by atoms with E-state index in [1.165, 1.54) is 0 Å². The predicted molar refractivity (Wildman–Crippen MR) is 73.3 cm³/mol. The summed E-state index contributed by atoms with van der Waals surface area (Å²) in [6.45, 7) is 1.87. The number of nitrogens with two attached hydrogens (primary N) is 1. The topological polar surface area (TPSA) is 87.6 Å². The molecule has 0 unspecified atom stereocenters. The number of aromatic nitrogens is 2. The fraction of sp³-hybridized carbons (Fsp3) is 0.0833. The summed E-state index contributed by atoms with van der Waals surface area (Å²) in [5, 5.41) is 12.2. The molecular formula is C12H10BrN5. The highest BCUT2D eigenvalue weighted by molar-refractivity contribution is 9.10. The van der Waals surface area contributed by atoms with Crippen molar-refractivity contribution >= 4 is 33.4 Å². The zero-order valence-corrected chi connectivity index (χ0v) is 11.2. The van der Waals surface area contributed by atoms with Crippen LogP contribution in [0.2, 0.25) is 0 Å². The minimum atomic E-state index is 0.193. The van der Waals surface area contributed by atoms with E-state index in [4.69, 9.17) is 11.0 Å². The molecule has 0 saturated heterocycles. The van der Waals surface area contributed by atoms with Gasteiger partial charge in [-0.15, -0.1) is 0 Å². The first-order valence-electron chi connectivity index (χ1n) is 5.16. The molecule has 0 bridgehead atoms. The van der Waals surface area contributed by atoms with E-state index >= 15 is 0 Å². The minimum absolute atomic E-state index is 0.193. The molecule has 0 atom stereocenters. The van der Waals surface area contributed by atoms with Crippen molar-refractivity contribution in [3.63, 3.8) is 0 Å². The first kappa shape index (κ1) is 12.3. The molecule has 6 heteroatoms. The second kappa shape index (κ2) is 5.02. The summed E-state index contributed by atoms with van der Waals surface area (Å²) < 4.78 is 0.850. The number of nitriles is 1. The number of hydrogen-bond donors (Lipinski definition) is 2. The maximum absolute atomic E-state index is 9.08. The maximum atomic E-state index is 9.08.